The number of hydrogen-bond donors (Lipinski definition) is 0. The van der Waals surface area contributed by atoms with Gasteiger partial charge in [-0.3, -0.25) is 4.79 Å². The number of amides is 1. The monoisotopic (exact) mass is 347 g/mol. The fourth-order valence-electron chi connectivity index (χ4n) is 2.61. The molecule has 2 heterocycles. The van der Waals surface area contributed by atoms with Gasteiger partial charge >= 0.3 is 0 Å². The van der Waals surface area contributed by atoms with Crippen LogP contribution >= 0.6 is 11.8 Å². The molecule has 0 saturated carbocycles. The Bertz CT molecular complexity index is 694. The number of amidine groups is 1. The zero-order valence-electron chi connectivity index (χ0n) is 14.1. The number of hydrogen-bond acceptors (Lipinski definition) is 6. The van der Waals surface area contributed by atoms with Crippen molar-refractivity contribution in [1.29, 1.82) is 0 Å². The van der Waals surface area contributed by atoms with Crippen molar-refractivity contribution in [3.8, 4) is 11.5 Å². The van der Waals surface area contributed by atoms with Gasteiger partial charge in [0.1, 0.15) is 11.5 Å². The number of carbonyl (C=O) groups excluding carboxylic acids is 1. The molecule has 0 unspecified atom stereocenters. The molecule has 2 aliphatic heterocycles. The molecule has 1 saturated heterocycles. The summed E-state index contributed by atoms with van der Waals surface area (Å²) in [4.78, 5) is 21.5. The topological polar surface area (TPSA) is 54.4 Å². The van der Waals surface area contributed by atoms with E-state index in [1.165, 1.54) is 11.8 Å². The Morgan fingerprint density at radius 2 is 1.92 bits per heavy atom. The minimum Gasteiger partial charge on any atom is -0.497 e. The molecule has 2 aliphatic rings. The molecule has 1 aromatic carbocycles. The molecule has 6 nitrogen and oxygen atoms in total. The zero-order valence-corrected chi connectivity index (χ0v) is 14.9. The first-order valence-electron chi connectivity index (χ1n) is 7.79. The predicted octanol–water partition coefficient (Wildman–Crippen LogP) is 1.92. The molecule has 0 N–H and O–H groups in total. The quantitative estimate of drug-likeness (QED) is 0.779. The van der Waals surface area contributed by atoms with Gasteiger partial charge in [-0.2, -0.15) is 4.99 Å². The van der Waals surface area contributed by atoms with Crippen LogP contribution in [0.25, 0.3) is 6.08 Å². The molecule has 0 aliphatic carbocycles. The first-order valence-corrected chi connectivity index (χ1v) is 8.60. The molecule has 0 aromatic heterocycles. The summed E-state index contributed by atoms with van der Waals surface area (Å²) < 4.78 is 10.6. The second-order valence-electron chi connectivity index (χ2n) is 5.71. The van der Waals surface area contributed by atoms with Crippen molar-refractivity contribution < 1.29 is 14.3 Å². The van der Waals surface area contributed by atoms with E-state index in [1.54, 1.807) is 20.3 Å². The number of methoxy groups -OCH3 is 2. The van der Waals surface area contributed by atoms with E-state index in [9.17, 15) is 4.79 Å². The van der Waals surface area contributed by atoms with Crippen molar-refractivity contribution in [2.24, 2.45) is 4.99 Å². The minimum absolute atomic E-state index is 0.188. The van der Waals surface area contributed by atoms with Gasteiger partial charge in [0.15, 0.2) is 5.17 Å². The average molecular weight is 347 g/mol. The number of nitrogens with zero attached hydrogens (tertiary/aromatic N) is 3. The Morgan fingerprint density at radius 1 is 1.17 bits per heavy atom. The van der Waals surface area contributed by atoms with Gasteiger partial charge in [-0.15, -0.1) is 0 Å². The van der Waals surface area contributed by atoms with Crippen LogP contribution in [0.2, 0.25) is 0 Å². The second-order valence-corrected chi connectivity index (χ2v) is 6.72. The smallest absolute Gasteiger partial charge is 0.286 e. The molecule has 0 radical (unpaired) electrons. The van der Waals surface area contributed by atoms with E-state index in [1.807, 2.05) is 18.2 Å². The zero-order chi connectivity index (χ0) is 17.1. The lowest BCUT2D eigenvalue weighted by Crippen LogP contribution is -2.46. The maximum atomic E-state index is 12.2. The number of benzene rings is 1. The van der Waals surface area contributed by atoms with Gasteiger partial charge < -0.3 is 19.3 Å². The minimum atomic E-state index is -0.188. The summed E-state index contributed by atoms with van der Waals surface area (Å²) in [7, 11) is 5.32. The molecule has 1 amide bonds. The highest BCUT2D eigenvalue weighted by Crippen LogP contribution is 2.33. The van der Waals surface area contributed by atoms with Crippen molar-refractivity contribution in [3.63, 3.8) is 0 Å². The summed E-state index contributed by atoms with van der Waals surface area (Å²) >= 11 is 1.43. The standard InChI is InChI=1S/C17H21N3O3S/c1-19-6-8-20(9-7-19)17-18-16(21)15(24-17)10-12-4-5-13(22-2)11-14(12)23-3/h4-5,10-11H,6-9H2,1-3H3. The van der Waals surface area contributed by atoms with E-state index >= 15 is 0 Å². The summed E-state index contributed by atoms with van der Waals surface area (Å²) in [6.45, 7) is 3.77. The van der Waals surface area contributed by atoms with Crippen LogP contribution in [0, 0.1) is 0 Å². The number of rotatable bonds is 3. The van der Waals surface area contributed by atoms with E-state index in [4.69, 9.17) is 9.47 Å². The third-order valence-electron chi connectivity index (χ3n) is 4.11. The van der Waals surface area contributed by atoms with Crippen molar-refractivity contribution in [2.75, 3.05) is 47.4 Å². The van der Waals surface area contributed by atoms with Crippen LogP contribution in [-0.2, 0) is 4.79 Å². The number of likely N-dealkylation sites (N-methyl/N-ethyl adjacent to an activating group) is 1. The summed E-state index contributed by atoms with van der Waals surface area (Å²) in [5.41, 5.74) is 0.837. The Morgan fingerprint density at radius 3 is 2.58 bits per heavy atom. The number of thioether (sulfide) groups is 1. The first-order chi connectivity index (χ1) is 11.6. The van der Waals surface area contributed by atoms with Crippen molar-refractivity contribution in [2.45, 2.75) is 0 Å². The van der Waals surface area contributed by atoms with Gasteiger partial charge in [0.2, 0.25) is 0 Å². The lowest BCUT2D eigenvalue weighted by molar-refractivity contribution is -0.113. The third kappa shape index (κ3) is 3.57. The largest absolute Gasteiger partial charge is 0.497 e. The average Bonchev–Trinajstić information content (AvgIpc) is 2.96. The fourth-order valence-corrected chi connectivity index (χ4v) is 3.57. The highest BCUT2D eigenvalue weighted by Gasteiger charge is 2.28. The molecular weight excluding hydrogens is 326 g/mol. The van der Waals surface area contributed by atoms with Crippen LogP contribution in [-0.4, -0.2) is 68.3 Å². The van der Waals surface area contributed by atoms with Gasteiger partial charge in [0.25, 0.3) is 5.91 Å². The Kier molecular flexibility index (Phi) is 5.11. The SMILES string of the molecule is COc1ccc(C=C2SC(N3CCN(C)CC3)=NC2=O)c(OC)c1. The third-order valence-corrected chi connectivity index (χ3v) is 5.15. The predicted molar refractivity (Wildman–Crippen MR) is 96.6 cm³/mol. The second kappa shape index (κ2) is 7.27. The van der Waals surface area contributed by atoms with E-state index in [0.717, 1.165) is 36.9 Å². The van der Waals surface area contributed by atoms with Gasteiger partial charge in [-0.25, -0.2) is 0 Å². The summed E-state index contributed by atoms with van der Waals surface area (Å²) in [6.07, 6.45) is 1.83. The highest BCUT2D eigenvalue weighted by molar-refractivity contribution is 8.18. The first kappa shape index (κ1) is 16.9. The Hall–Kier alpha value is -1.99. The number of piperazine rings is 1. The van der Waals surface area contributed by atoms with E-state index in [-0.39, 0.29) is 5.91 Å². The molecule has 0 atom stereocenters. The van der Waals surface area contributed by atoms with Crippen LogP contribution < -0.4 is 9.47 Å². The summed E-state index contributed by atoms with van der Waals surface area (Å²) in [5.74, 6) is 1.20. The highest BCUT2D eigenvalue weighted by atomic mass is 32.2. The number of ether oxygens (including phenoxy) is 2. The fraction of sp³-hybridized carbons (Fsp3) is 0.412. The van der Waals surface area contributed by atoms with Crippen LogP contribution in [0.15, 0.2) is 28.1 Å². The molecule has 0 spiro atoms. The van der Waals surface area contributed by atoms with E-state index in [2.05, 4.69) is 21.8 Å². The van der Waals surface area contributed by atoms with Crippen LogP contribution in [0.5, 0.6) is 11.5 Å². The molecule has 7 heteroatoms. The maximum absolute atomic E-state index is 12.2. The maximum Gasteiger partial charge on any atom is 0.286 e. The number of carbonyl (C=O) groups is 1. The lowest BCUT2D eigenvalue weighted by atomic mass is 10.1. The molecule has 0 bridgehead atoms. The Labute approximate surface area is 146 Å². The van der Waals surface area contributed by atoms with Gasteiger partial charge in [0, 0.05) is 37.8 Å². The summed E-state index contributed by atoms with van der Waals surface area (Å²) in [6, 6.07) is 5.53. The van der Waals surface area contributed by atoms with E-state index in [0.29, 0.717) is 16.4 Å². The van der Waals surface area contributed by atoms with Crippen LogP contribution in [0.3, 0.4) is 0 Å². The molecule has 3 rings (SSSR count). The van der Waals surface area contributed by atoms with E-state index < -0.39 is 0 Å². The number of aliphatic imine (C=N–C) groups is 1. The Balaban J connectivity index is 1.77. The lowest BCUT2D eigenvalue weighted by Gasteiger charge is -2.32. The molecule has 1 fully saturated rings. The summed E-state index contributed by atoms with van der Waals surface area (Å²) in [5, 5.41) is 0.798. The van der Waals surface area contributed by atoms with Gasteiger partial charge in [-0.05, 0) is 37.0 Å². The molecule has 1 aromatic rings. The van der Waals surface area contributed by atoms with Crippen LogP contribution in [0.4, 0.5) is 0 Å². The molecular formula is C17H21N3O3S. The molecule has 128 valence electrons. The van der Waals surface area contributed by atoms with Gasteiger partial charge in [-0.1, -0.05) is 0 Å². The van der Waals surface area contributed by atoms with Gasteiger partial charge in [0.05, 0.1) is 19.1 Å². The van der Waals surface area contributed by atoms with Crippen molar-refractivity contribution in [1.82, 2.24) is 9.80 Å². The normalized spacial score (nSPS) is 20.5. The van der Waals surface area contributed by atoms with Crippen LogP contribution in [0.1, 0.15) is 5.56 Å². The molecule has 24 heavy (non-hydrogen) atoms. The van der Waals surface area contributed by atoms with Crippen molar-refractivity contribution >= 4 is 28.9 Å². The van der Waals surface area contributed by atoms with Crippen molar-refractivity contribution in [3.05, 3.63) is 28.7 Å².